The van der Waals surface area contributed by atoms with Gasteiger partial charge in [0.2, 0.25) is 0 Å². The third kappa shape index (κ3) is 3.22. The average Bonchev–Trinajstić information content (AvgIpc) is 2.31. The number of urea groups is 1. The topological polar surface area (TPSA) is 55.6 Å². The fourth-order valence-corrected chi connectivity index (χ4v) is 2.04. The van der Waals surface area contributed by atoms with Crippen LogP contribution in [0.25, 0.3) is 0 Å². The smallest absolute Gasteiger partial charge is 0.367 e. The van der Waals surface area contributed by atoms with Gasteiger partial charge in [0.1, 0.15) is 0 Å². The third-order valence-corrected chi connectivity index (χ3v) is 3.24. The summed E-state index contributed by atoms with van der Waals surface area (Å²) in [5.41, 5.74) is 4.84. The fraction of sp³-hybridized carbons (Fsp3) is 0.462. The molecule has 0 radical (unpaired) electrons. The minimum atomic E-state index is -4.37. The normalized spacial score (nSPS) is 17.7. The molecule has 0 unspecified atom stereocenters. The predicted octanol–water partition coefficient (Wildman–Crippen LogP) is 2.55. The van der Waals surface area contributed by atoms with E-state index in [2.05, 4.69) is 0 Å². The largest absolute Gasteiger partial charge is 0.416 e. The Labute approximate surface area is 114 Å². The van der Waals surface area contributed by atoms with Crippen molar-refractivity contribution in [3.05, 3.63) is 35.4 Å². The van der Waals surface area contributed by atoms with Gasteiger partial charge in [0, 0.05) is 0 Å². The summed E-state index contributed by atoms with van der Waals surface area (Å²) in [6.07, 6.45) is -5.03. The molecule has 2 amide bonds. The van der Waals surface area contributed by atoms with E-state index in [1.165, 1.54) is 11.0 Å². The Hall–Kier alpha value is -1.76. The van der Waals surface area contributed by atoms with Gasteiger partial charge in [-0.15, -0.1) is 0 Å². The number of primary amides is 1. The molecule has 7 heteroatoms. The van der Waals surface area contributed by atoms with E-state index in [-0.39, 0.29) is 6.10 Å². The van der Waals surface area contributed by atoms with Crippen LogP contribution >= 0.6 is 0 Å². The molecule has 1 heterocycles. The number of ether oxygens (including phenoxy) is 1. The Kier molecular flexibility index (Phi) is 3.89. The lowest BCUT2D eigenvalue weighted by molar-refractivity contribution is -0.137. The Morgan fingerprint density at radius 1 is 1.45 bits per heavy atom. The number of halogens is 3. The first-order valence-corrected chi connectivity index (χ1v) is 6.14. The quantitative estimate of drug-likeness (QED) is 0.929. The van der Waals surface area contributed by atoms with Gasteiger partial charge < -0.3 is 15.4 Å². The van der Waals surface area contributed by atoms with Crippen LogP contribution in [0.4, 0.5) is 18.0 Å². The van der Waals surface area contributed by atoms with Crippen molar-refractivity contribution in [2.24, 2.45) is 5.73 Å². The number of nitrogens with two attached hydrogens (primary N) is 1. The monoisotopic (exact) mass is 288 g/mol. The summed E-state index contributed by atoms with van der Waals surface area (Å²) in [5.74, 6) is 0. The van der Waals surface area contributed by atoms with Gasteiger partial charge in [-0.25, -0.2) is 4.79 Å². The number of nitrogens with zero attached hydrogens (tertiary/aromatic N) is 1. The van der Waals surface area contributed by atoms with Crippen LogP contribution in [0.15, 0.2) is 24.3 Å². The van der Waals surface area contributed by atoms with Gasteiger partial charge >= 0.3 is 12.2 Å². The highest BCUT2D eigenvalue weighted by molar-refractivity contribution is 5.73. The molecule has 0 bridgehead atoms. The van der Waals surface area contributed by atoms with Gasteiger partial charge in [-0.05, 0) is 24.6 Å². The minimum Gasteiger partial charge on any atom is -0.367 e. The minimum absolute atomic E-state index is 0.188. The number of amides is 2. The second kappa shape index (κ2) is 5.32. The zero-order valence-electron chi connectivity index (χ0n) is 10.9. The molecule has 0 saturated carbocycles. The molecular weight excluding hydrogens is 273 g/mol. The van der Waals surface area contributed by atoms with Crippen LogP contribution in [0.3, 0.4) is 0 Å². The summed E-state index contributed by atoms with van der Waals surface area (Å²) in [6.45, 7) is 2.43. The molecule has 1 aliphatic heterocycles. The van der Waals surface area contributed by atoms with E-state index in [1.54, 1.807) is 13.0 Å². The molecule has 0 spiro atoms. The van der Waals surface area contributed by atoms with Gasteiger partial charge in [-0.1, -0.05) is 12.1 Å². The lowest BCUT2D eigenvalue weighted by atomic mass is 10.1. The van der Waals surface area contributed by atoms with Gasteiger partial charge in [0.15, 0.2) is 0 Å². The number of benzene rings is 1. The second-order valence-electron chi connectivity index (χ2n) is 4.77. The van der Waals surface area contributed by atoms with Crippen molar-refractivity contribution in [3.63, 3.8) is 0 Å². The Balaban J connectivity index is 1.97. The number of hydrogen-bond acceptors (Lipinski definition) is 2. The molecule has 1 saturated heterocycles. The van der Waals surface area contributed by atoms with Gasteiger partial charge in [-0.2, -0.15) is 13.2 Å². The molecule has 0 aliphatic carbocycles. The van der Waals surface area contributed by atoms with Crippen molar-refractivity contribution in [2.75, 3.05) is 13.1 Å². The van der Waals surface area contributed by atoms with Gasteiger partial charge in [0.25, 0.3) is 0 Å². The van der Waals surface area contributed by atoms with Crippen LogP contribution in [0.1, 0.15) is 24.2 Å². The number of hydrogen-bond donors (Lipinski definition) is 1. The van der Waals surface area contributed by atoms with E-state index in [9.17, 15) is 18.0 Å². The van der Waals surface area contributed by atoms with Crippen LogP contribution in [0, 0.1) is 0 Å². The standard InChI is InChI=1S/C13H15F3N2O2/c1-8(20-11-6-18(7-11)12(17)19)9-3-2-4-10(5-9)13(14,15)16/h2-5,8,11H,6-7H2,1H3,(H2,17,19)/t8-/m1/s1. The number of likely N-dealkylation sites (tertiary alicyclic amines) is 1. The summed E-state index contributed by atoms with van der Waals surface area (Å²) in [4.78, 5) is 12.2. The number of carbonyl (C=O) groups is 1. The zero-order chi connectivity index (χ0) is 14.9. The van der Waals surface area contributed by atoms with Crippen molar-refractivity contribution in [3.8, 4) is 0 Å². The van der Waals surface area contributed by atoms with E-state index >= 15 is 0 Å². The molecule has 1 atom stereocenters. The molecule has 2 rings (SSSR count). The molecule has 1 fully saturated rings. The molecule has 4 nitrogen and oxygen atoms in total. The van der Waals surface area contributed by atoms with Gasteiger partial charge in [0.05, 0.1) is 30.9 Å². The van der Waals surface area contributed by atoms with E-state index in [1.807, 2.05) is 0 Å². The maximum absolute atomic E-state index is 12.6. The SMILES string of the molecule is C[C@@H](OC1CN(C(N)=O)C1)c1cccc(C(F)(F)F)c1. The van der Waals surface area contributed by atoms with Crippen molar-refractivity contribution in [1.82, 2.24) is 4.90 Å². The summed E-state index contributed by atoms with van der Waals surface area (Å²) in [6, 6.07) is 4.53. The molecule has 1 aromatic carbocycles. The average molecular weight is 288 g/mol. The first-order valence-electron chi connectivity index (χ1n) is 6.14. The van der Waals surface area contributed by atoms with Crippen molar-refractivity contribution in [1.29, 1.82) is 0 Å². The molecule has 0 aromatic heterocycles. The fourth-order valence-electron chi connectivity index (χ4n) is 2.04. The van der Waals surface area contributed by atoms with Crippen LogP contribution in [0.2, 0.25) is 0 Å². The second-order valence-corrected chi connectivity index (χ2v) is 4.77. The lowest BCUT2D eigenvalue weighted by Crippen LogP contribution is -2.56. The number of alkyl halides is 3. The van der Waals surface area contributed by atoms with Gasteiger partial charge in [-0.3, -0.25) is 0 Å². The maximum Gasteiger partial charge on any atom is 0.416 e. The van der Waals surface area contributed by atoms with E-state index in [0.29, 0.717) is 18.7 Å². The third-order valence-electron chi connectivity index (χ3n) is 3.24. The van der Waals surface area contributed by atoms with E-state index in [0.717, 1.165) is 12.1 Å². The first kappa shape index (κ1) is 14.6. The molecular formula is C13H15F3N2O2. The van der Waals surface area contributed by atoms with Crippen molar-refractivity contribution in [2.45, 2.75) is 25.3 Å². The highest BCUT2D eigenvalue weighted by Gasteiger charge is 2.33. The van der Waals surface area contributed by atoms with Crippen molar-refractivity contribution >= 4 is 6.03 Å². The molecule has 20 heavy (non-hydrogen) atoms. The van der Waals surface area contributed by atoms with Crippen LogP contribution in [-0.4, -0.2) is 30.1 Å². The van der Waals surface area contributed by atoms with Crippen LogP contribution in [-0.2, 0) is 10.9 Å². The first-order chi connectivity index (χ1) is 9.27. The highest BCUT2D eigenvalue weighted by Crippen LogP contribution is 2.32. The van der Waals surface area contributed by atoms with E-state index < -0.39 is 23.9 Å². The highest BCUT2D eigenvalue weighted by atomic mass is 19.4. The van der Waals surface area contributed by atoms with Crippen LogP contribution < -0.4 is 5.73 Å². The summed E-state index contributed by atoms with van der Waals surface area (Å²) < 4.78 is 43.4. The lowest BCUT2D eigenvalue weighted by Gasteiger charge is -2.39. The Morgan fingerprint density at radius 2 is 2.10 bits per heavy atom. The molecule has 110 valence electrons. The summed E-state index contributed by atoms with van der Waals surface area (Å²) >= 11 is 0. The van der Waals surface area contributed by atoms with E-state index in [4.69, 9.17) is 10.5 Å². The molecule has 2 N–H and O–H groups in total. The Bertz CT molecular complexity index is 499. The summed E-state index contributed by atoms with van der Waals surface area (Å²) in [5, 5.41) is 0. The zero-order valence-corrected chi connectivity index (χ0v) is 10.9. The molecule has 1 aliphatic rings. The number of rotatable bonds is 3. The number of carbonyl (C=O) groups excluding carboxylic acids is 1. The predicted molar refractivity (Wildman–Crippen MR) is 65.9 cm³/mol. The Morgan fingerprint density at radius 3 is 2.65 bits per heavy atom. The summed E-state index contributed by atoms with van der Waals surface area (Å²) in [7, 11) is 0. The van der Waals surface area contributed by atoms with Crippen LogP contribution in [0.5, 0.6) is 0 Å². The van der Waals surface area contributed by atoms with Crippen molar-refractivity contribution < 1.29 is 22.7 Å². The molecule has 1 aromatic rings. The maximum atomic E-state index is 12.6.